The Bertz CT molecular complexity index is 1100. The smallest absolute Gasteiger partial charge is 0.267 e. The Morgan fingerprint density at radius 2 is 1.63 bits per heavy atom. The van der Waals surface area contributed by atoms with Gasteiger partial charge in [-0.1, -0.05) is 86.5 Å². The van der Waals surface area contributed by atoms with E-state index in [9.17, 15) is 4.79 Å². The number of ether oxygens (including phenoxy) is 1. The van der Waals surface area contributed by atoms with Crippen molar-refractivity contribution in [3.05, 3.63) is 69.6 Å². The lowest BCUT2D eigenvalue weighted by Crippen LogP contribution is -2.41. The fourth-order valence-corrected chi connectivity index (χ4v) is 6.54. The Hall–Kier alpha value is -2.24. The molecule has 184 valence electrons. The second kappa shape index (κ2) is 11.7. The molecule has 1 aliphatic heterocycles. The van der Waals surface area contributed by atoms with Crippen molar-refractivity contribution in [3.8, 4) is 5.75 Å². The lowest BCUT2D eigenvalue weighted by Gasteiger charge is -2.31. The van der Waals surface area contributed by atoms with Crippen molar-refractivity contribution in [1.82, 2.24) is 4.90 Å². The molecule has 6 heteroatoms. The molecule has 0 N–H and O–H groups in total. The van der Waals surface area contributed by atoms with Crippen LogP contribution in [0, 0.1) is 0 Å². The van der Waals surface area contributed by atoms with Crippen LogP contribution >= 0.6 is 23.4 Å². The van der Waals surface area contributed by atoms with Crippen LogP contribution in [0.15, 0.2) is 58.4 Å². The molecule has 3 aliphatic rings. The van der Waals surface area contributed by atoms with E-state index >= 15 is 0 Å². The first kappa shape index (κ1) is 24.5. The molecular weight excluding hydrogens is 476 g/mol. The van der Waals surface area contributed by atoms with Gasteiger partial charge in [0.25, 0.3) is 5.91 Å². The summed E-state index contributed by atoms with van der Waals surface area (Å²) >= 11 is 7.86. The average Bonchev–Trinajstić information content (AvgIpc) is 3.19. The number of hydrogen-bond acceptors (Lipinski definition) is 4. The summed E-state index contributed by atoms with van der Waals surface area (Å²) in [5, 5.41) is 1.60. The fourth-order valence-electron chi connectivity index (χ4n) is 5.25. The van der Waals surface area contributed by atoms with Crippen molar-refractivity contribution in [1.29, 1.82) is 0 Å². The minimum atomic E-state index is 0.0948. The van der Waals surface area contributed by atoms with E-state index in [1.165, 1.54) is 38.5 Å². The van der Waals surface area contributed by atoms with Gasteiger partial charge in [-0.15, -0.1) is 0 Å². The summed E-state index contributed by atoms with van der Waals surface area (Å²) in [7, 11) is 0. The number of rotatable bonds is 6. The molecule has 35 heavy (non-hydrogen) atoms. The van der Waals surface area contributed by atoms with Crippen LogP contribution in [0.4, 0.5) is 0 Å². The Labute approximate surface area is 217 Å². The second-order valence-corrected chi connectivity index (χ2v) is 11.1. The van der Waals surface area contributed by atoms with Crippen molar-refractivity contribution in [3.63, 3.8) is 0 Å². The number of hydrogen-bond donors (Lipinski definition) is 0. The number of benzene rings is 2. The molecule has 2 aromatic carbocycles. The summed E-state index contributed by atoms with van der Waals surface area (Å²) in [6.07, 6.45) is 13.8. The van der Waals surface area contributed by atoms with E-state index in [1.807, 2.05) is 59.5 Å². The maximum Gasteiger partial charge on any atom is 0.267 e. The predicted octanol–water partition coefficient (Wildman–Crippen LogP) is 7.86. The number of amides is 1. The summed E-state index contributed by atoms with van der Waals surface area (Å²) in [6, 6.07) is 16.2. The maximum absolute atomic E-state index is 13.7. The van der Waals surface area contributed by atoms with Crippen molar-refractivity contribution in [2.75, 3.05) is 0 Å². The minimum Gasteiger partial charge on any atom is -0.488 e. The number of para-hydroxylation sites is 1. The molecule has 2 aromatic rings. The lowest BCUT2D eigenvalue weighted by molar-refractivity contribution is -0.124. The van der Waals surface area contributed by atoms with Crippen molar-refractivity contribution in [2.24, 2.45) is 4.99 Å². The molecule has 2 aliphatic carbocycles. The number of carbonyl (C=O) groups is 1. The fraction of sp³-hybridized carbons (Fsp3) is 0.448. The molecular formula is C29H33ClN2O2S. The van der Waals surface area contributed by atoms with E-state index in [1.54, 1.807) is 11.8 Å². The molecule has 0 atom stereocenters. The molecule has 2 saturated carbocycles. The molecule has 5 rings (SSSR count). The van der Waals surface area contributed by atoms with Gasteiger partial charge in [0.15, 0.2) is 5.17 Å². The third kappa shape index (κ3) is 5.95. The largest absolute Gasteiger partial charge is 0.488 e. The van der Waals surface area contributed by atoms with E-state index in [2.05, 4.69) is 0 Å². The topological polar surface area (TPSA) is 41.9 Å². The molecule has 0 radical (unpaired) electrons. The first-order valence-electron chi connectivity index (χ1n) is 12.9. The lowest BCUT2D eigenvalue weighted by atomic mass is 9.94. The molecule has 4 nitrogen and oxygen atoms in total. The maximum atomic E-state index is 13.7. The van der Waals surface area contributed by atoms with Gasteiger partial charge < -0.3 is 4.74 Å². The van der Waals surface area contributed by atoms with Gasteiger partial charge in [0.05, 0.1) is 10.9 Å². The van der Waals surface area contributed by atoms with Crippen molar-refractivity contribution < 1.29 is 9.53 Å². The van der Waals surface area contributed by atoms with Gasteiger partial charge in [0.2, 0.25) is 0 Å². The quantitative estimate of drug-likeness (QED) is 0.373. The molecule has 1 heterocycles. The Morgan fingerprint density at radius 3 is 2.40 bits per heavy atom. The third-order valence-electron chi connectivity index (χ3n) is 7.19. The molecule has 0 unspecified atom stereocenters. The number of halogens is 1. The zero-order valence-corrected chi connectivity index (χ0v) is 21.7. The number of amidine groups is 1. The molecule has 1 saturated heterocycles. The normalized spacial score (nSPS) is 22.3. The Morgan fingerprint density at radius 1 is 0.943 bits per heavy atom. The van der Waals surface area contributed by atoms with Crippen molar-refractivity contribution in [2.45, 2.75) is 82.9 Å². The summed E-state index contributed by atoms with van der Waals surface area (Å²) in [5.41, 5.74) is 1.84. The van der Waals surface area contributed by atoms with Crippen LogP contribution in [0.25, 0.3) is 6.08 Å². The molecule has 0 aromatic heterocycles. The highest BCUT2D eigenvalue weighted by atomic mass is 35.5. The van der Waals surface area contributed by atoms with E-state index in [0.29, 0.717) is 17.7 Å². The summed E-state index contributed by atoms with van der Waals surface area (Å²) in [6.45, 7) is 0.379. The van der Waals surface area contributed by atoms with E-state index < -0.39 is 0 Å². The molecule has 0 bridgehead atoms. The van der Waals surface area contributed by atoms with Crippen LogP contribution in [0.2, 0.25) is 5.02 Å². The average molecular weight is 509 g/mol. The number of nitrogens with zero attached hydrogens (tertiary/aromatic N) is 2. The van der Waals surface area contributed by atoms with Crippen LogP contribution < -0.4 is 4.74 Å². The predicted molar refractivity (Wildman–Crippen MR) is 146 cm³/mol. The SMILES string of the molecule is O=C1C(=Cc2ccccc2OCc2ccccc2Cl)SC(=NC2CCCCC2)N1C1CCCCC1. The first-order chi connectivity index (χ1) is 17.2. The van der Waals surface area contributed by atoms with Gasteiger partial charge in [0, 0.05) is 22.2 Å². The van der Waals surface area contributed by atoms with E-state index in [4.69, 9.17) is 21.3 Å². The summed E-state index contributed by atoms with van der Waals surface area (Å²) in [4.78, 5) is 21.6. The van der Waals surface area contributed by atoms with E-state index in [0.717, 1.165) is 52.6 Å². The Balaban J connectivity index is 1.40. The zero-order chi connectivity index (χ0) is 24.0. The van der Waals surface area contributed by atoms with Gasteiger partial charge in [-0.3, -0.25) is 14.7 Å². The van der Waals surface area contributed by atoms with E-state index in [-0.39, 0.29) is 11.9 Å². The highest BCUT2D eigenvalue weighted by molar-refractivity contribution is 8.18. The van der Waals surface area contributed by atoms with Crippen LogP contribution in [-0.4, -0.2) is 28.1 Å². The molecule has 0 spiro atoms. The van der Waals surface area contributed by atoms with Crippen LogP contribution in [0.5, 0.6) is 5.75 Å². The number of thioether (sulfide) groups is 1. The second-order valence-electron chi connectivity index (χ2n) is 9.70. The van der Waals surface area contributed by atoms with Crippen LogP contribution in [-0.2, 0) is 11.4 Å². The summed E-state index contributed by atoms with van der Waals surface area (Å²) in [5.74, 6) is 0.840. The standard InChI is InChI=1S/C29H33ClN2O2S/c30-25-17-9-7-12-22(25)20-34-26-18-10-8-11-21(26)19-27-28(33)32(24-15-5-2-6-16-24)29(35-27)31-23-13-3-1-4-14-23/h7-12,17-19,23-24H,1-6,13-16,20H2. The van der Waals surface area contributed by atoms with Crippen molar-refractivity contribution >= 4 is 40.5 Å². The van der Waals surface area contributed by atoms with Crippen LogP contribution in [0.3, 0.4) is 0 Å². The minimum absolute atomic E-state index is 0.0948. The van der Waals surface area contributed by atoms with Crippen LogP contribution in [0.1, 0.15) is 75.3 Å². The van der Waals surface area contributed by atoms with Gasteiger partial charge in [-0.25, -0.2) is 0 Å². The monoisotopic (exact) mass is 508 g/mol. The molecule has 3 fully saturated rings. The number of aliphatic imine (C=N–C) groups is 1. The van der Waals surface area contributed by atoms with Gasteiger partial charge in [0.1, 0.15) is 12.4 Å². The highest BCUT2D eigenvalue weighted by Crippen LogP contribution is 2.39. The first-order valence-corrected chi connectivity index (χ1v) is 14.1. The summed E-state index contributed by atoms with van der Waals surface area (Å²) < 4.78 is 6.15. The third-order valence-corrected chi connectivity index (χ3v) is 8.56. The highest BCUT2D eigenvalue weighted by Gasteiger charge is 2.39. The van der Waals surface area contributed by atoms with Gasteiger partial charge in [-0.05, 0) is 55.7 Å². The van der Waals surface area contributed by atoms with Gasteiger partial charge >= 0.3 is 0 Å². The van der Waals surface area contributed by atoms with Gasteiger partial charge in [-0.2, -0.15) is 0 Å². The zero-order valence-electron chi connectivity index (χ0n) is 20.1. The number of carbonyl (C=O) groups excluding carboxylic acids is 1. The Kier molecular flexibility index (Phi) is 8.15. The molecule has 1 amide bonds.